The molecule has 0 saturated heterocycles. The van der Waals surface area contributed by atoms with Crippen molar-refractivity contribution in [3.8, 4) is 0 Å². The third-order valence-electron chi connectivity index (χ3n) is 2.47. The van der Waals surface area contributed by atoms with Crippen molar-refractivity contribution in [3.05, 3.63) is 0 Å². The molecule has 3 nitrogen and oxygen atoms in total. The zero-order chi connectivity index (χ0) is 10.6. The maximum atomic E-state index is 11.4. The molecule has 0 aromatic heterocycles. The molecule has 0 aromatic rings. The van der Waals surface area contributed by atoms with Crippen molar-refractivity contribution in [3.63, 3.8) is 0 Å². The van der Waals surface area contributed by atoms with Gasteiger partial charge in [0.25, 0.3) is 0 Å². The molecule has 0 aromatic carbocycles. The van der Waals surface area contributed by atoms with Crippen LogP contribution in [0.15, 0.2) is 0 Å². The maximum Gasteiger partial charge on any atom is 0.152 e. The first-order valence-corrected chi connectivity index (χ1v) is 6.46. The highest BCUT2D eigenvalue weighted by Gasteiger charge is 2.18. The molecule has 0 amide bonds. The van der Waals surface area contributed by atoms with E-state index in [1.165, 1.54) is 0 Å². The van der Waals surface area contributed by atoms with Crippen LogP contribution in [-0.4, -0.2) is 25.5 Å². The van der Waals surface area contributed by atoms with Crippen LogP contribution in [0.5, 0.6) is 0 Å². The van der Waals surface area contributed by atoms with Gasteiger partial charge < -0.3 is 5.73 Å². The Morgan fingerprint density at radius 1 is 1.15 bits per heavy atom. The van der Waals surface area contributed by atoms with Crippen LogP contribution in [0.3, 0.4) is 0 Å². The lowest BCUT2D eigenvalue weighted by atomic mass is 10.0. The summed E-state index contributed by atoms with van der Waals surface area (Å²) in [6.45, 7) is 7.32. The molecule has 0 fully saturated rings. The predicted octanol–water partition coefficient (Wildman–Crippen LogP) is 1.18. The van der Waals surface area contributed by atoms with Crippen LogP contribution in [-0.2, 0) is 9.84 Å². The van der Waals surface area contributed by atoms with E-state index in [9.17, 15) is 8.42 Å². The number of sulfone groups is 1. The third kappa shape index (κ3) is 4.62. The third-order valence-corrected chi connectivity index (χ3v) is 4.71. The average molecular weight is 207 g/mol. The largest absolute Gasteiger partial charge is 0.328 e. The predicted molar refractivity (Wildman–Crippen MR) is 56.4 cm³/mol. The Morgan fingerprint density at radius 3 is 1.92 bits per heavy atom. The van der Waals surface area contributed by atoms with Crippen LogP contribution < -0.4 is 5.73 Å². The summed E-state index contributed by atoms with van der Waals surface area (Å²) in [5, 5.41) is -0.271. The van der Waals surface area contributed by atoms with Gasteiger partial charge in [0.15, 0.2) is 9.84 Å². The minimum atomic E-state index is -2.88. The molecule has 0 heterocycles. The van der Waals surface area contributed by atoms with Gasteiger partial charge in [0.05, 0.1) is 11.0 Å². The standard InChI is InChI=1S/C9H21NO2S/c1-7(2)13(11,12)6-5-8(3)9(4)10/h7-9H,5-6,10H2,1-4H3. The quantitative estimate of drug-likeness (QED) is 0.736. The van der Waals surface area contributed by atoms with Crippen molar-refractivity contribution in [2.45, 2.75) is 45.4 Å². The van der Waals surface area contributed by atoms with Crippen LogP contribution in [0.4, 0.5) is 0 Å². The van der Waals surface area contributed by atoms with E-state index >= 15 is 0 Å². The van der Waals surface area contributed by atoms with Gasteiger partial charge in [-0.2, -0.15) is 0 Å². The van der Waals surface area contributed by atoms with Gasteiger partial charge in [-0.25, -0.2) is 8.42 Å². The first-order valence-electron chi connectivity index (χ1n) is 4.74. The van der Waals surface area contributed by atoms with Crippen molar-refractivity contribution < 1.29 is 8.42 Å². The molecule has 0 aliphatic rings. The highest BCUT2D eigenvalue weighted by atomic mass is 32.2. The molecule has 2 N–H and O–H groups in total. The summed E-state index contributed by atoms with van der Waals surface area (Å²) in [7, 11) is -2.88. The average Bonchev–Trinajstić information content (AvgIpc) is 1.99. The Kier molecular flexibility index (Phi) is 4.92. The minimum absolute atomic E-state index is 0.0716. The fourth-order valence-electron chi connectivity index (χ4n) is 0.849. The first kappa shape index (κ1) is 12.9. The lowest BCUT2D eigenvalue weighted by Crippen LogP contribution is -2.27. The summed E-state index contributed by atoms with van der Waals surface area (Å²) >= 11 is 0. The zero-order valence-corrected chi connectivity index (χ0v) is 9.76. The van der Waals surface area contributed by atoms with E-state index in [1.54, 1.807) is 13.8 Å². The van der Waals surface area contributed by atoms with Crippen LogP contribution in [0.2, 0.25) is 0 Å². The fraction of sp³-hybridized carbons (Fsp3) is 1.00. The Hall–Kier alpha value is -0.0900. The molecule has 0 aliphatic carbocycles. The topological polar surface area (TPSA) is 60.2 Å². The van der Waals surface area contributed by atoms with E-state index < -0.39 is 9.84 Å². The Morgan fingerprint density at radius 2 is 1.62 bits per heavy atom. The Balaban J connectivity index is 4.04. The van der Waals surface area contributed by atoms with E-state index in [2.05, 4.69) is 0 Å². The van der Waals surface area contributed by atoms with Crippen molar-refractivity contribution >= 4 is 9.84 Å². The first-order chi connectivity index (χ1) is 5.77. The Labute approximate surface area is 81.6 Å². The summed E-state index contributed by atoms with van der Waals surface area (Å²) in [6.07, 6.45) is 0.665. The van der Waals surface area contributed by atoms with Crippen LogP contribution in [0.1, 0.15) is 34.1 Å². The molecule has 0 spiro atoms. The van der Waals surface area contributed by atoms with E-state index in [0.29, 0.717) is 6.42 Å². The van der Waals surface area contributed by atoms with Crippen LogP contribution in [0, 0.1) is 5.92 Å². The van der Waals surface area contributed by atoms with E-state index in [-0.39, 0.29) is 23.0 Å². The smallest absolute Gasteiger partial charge is 0.152 e. The molecule has 0 aliphatic heterocycles. The van der Waals surface area contributed by atoms with Gasteiger partial charge in [-0.05, 0) is 33.1 Å². The normalized spacial score (nSPS) is 17.4. The van der Waals surface area contributed by atoms with E-state index in [4.69, 9.17) is 5.73 Å². The molecule has 0 saturated carbocycles. The number of hydrogen-bond acceptors (Lipinski definition) is 3. The summed E-state index contributed by atoms with van der Waals surface area (Å²) in [4.78, 5) is 0. The Bertz CT molecular complexity index is 232. The molecule has 2 atom stereocenters. The van der Waals surface area contributed by atoms with Crippen LogP contribution in [0.25, 0.3) is 0 Å². The lowest BCUT2D eigenvalue weighted by molar-refractivity contribution is 0.466. The molecule has 0 radical (unpaired) electrons. The minimum Gasteiger partial charge on any atom is -0.328 e. The number of hydrogen-bond donors (Lipinski definition) is 1. The van der Waals surface area contributed by atoms with Crippen LogP contribution >= 0.6 is 0 Å². The SMILES string of the molecule is CC(N)C(C)CCS(=O)(=O)C(C)C. The second-order valence-corrected chi connectivity index (χ2v) is 6.72. The fourth-order valence-corrected chi connectivity index (χ4v) is 2.02. The maximum absolute atomic E-state index is 11.4. The van der Waals surface area contributed by atoms with Crippen molar-refractivity contribution in [1.29, 1.82) is 0 Å². The molecule has 2 unspecified atom stereocenters. The monoisotopic (exact) mass is 207 g/mol. The zero-order valence-electron chi connectivity index (χ0n) is 8.95. The van der Waals surface area contributed by atoms with Gasteiger partial charge >= 0.3 is 0 Å². The molecular weight excluding hydrogens is 186 g/mol. The summed E-state index contributed by atoms with van der Waals surface area (Å²) in [6, 6.07) is 0.0716. The molecule has 0 rings (SSSR count). The molecule has 0 bridgehead atoms. The van der Waals surface area contributed by atoms with E-state index in [1.807, 2.05) is 13.8 Å². The summed E-state index contributed by atoms with van der Waals surface area (Å²) < 4.78 is 22.8. The molecule has 4 heteroatoms. The van der Waals surface area contributed by atoms with Gasteiger partial charge in [0.1, 0.15) is 0 Å². The second kappa shape index (κ2) is 4.96. The van der Waals surface area contributed by atoms with Gasteiger partial charge in [0.2, 0.25) is 0 Å². The van der Waals surface area contributed by atoms with Gasteiger partial charge in [-0.15, -0.1) is 0 Å². The lowest BCUT2D eigenvalue weighted by Gasteiger charge is -2.16. The van der Waals surface area contributed by atoms with Gasteiger partial charge in [0, 0.05) is 6.04 Å². The molecule has 80 valence electrons. The highest BCUT2D eigenvalue weighted by Crippen LogP contribution is 2.10. The van der Waals surface area contributed by atoms with Gasteiger partial charge in [-0.1, -0.05) is 6.92 Å². The van der Waals surface area contributed by atoms with Gasteiger partial charge in [-0.3, -0.25) is 0 Å². The number of nitrogens with two attached hydrogens (primary N) is 1. The second-order valence-electron chi connectivity index (χ2n) is 4.04. The van der Waals surface area contributed by atoms with E-state index in [0.717, 1.165) is 0 Å². The summed E-state index contributed by atoms with van der Waals surface area (Å²) in [5.41, 5.74) is 5.65. The summed E-state index contributed by atoms with van der Waals surface area (Å²) in [5.74, 6) is 0.529. The highest BCUT2D eigenvalue weighted by molar-refractivity contribution is 7.91. The van der Waals surface area contributed by atoms with Crippen molar-refractivity contribution in [2.24, 2.45) is 11.7 Å². The van der Waals surface area contributed by atoms with Crippen molar-refractivity contribution in [2.75, 3.05) is 5.75 Å². The number of rotatable bonds is 5. The molecular formula is C9H21NO2S. The van der Waals surface area contributed by atoms with Crippen molar-refractivity contribution in [1.82, 2.24) is 0 Å². The molecule has 13 heavy (non-hydrogen) atoms.